The van der Waals surface area contributed by atoms with Crippen LogP contribution in [0, 0.1) is 0 Å². The van der Waals surface area contributed by atoms with E-state index in [-0.39, 0.29) is 10.8 Å². The van der Waals surface area contributed by atoms with Crippen molar-refractivity contribution in [2.24, 2.45) is 0 Å². The summed E-state index contributed by atoms with van der Waals surface area (Å²) in [6.07, 6.45) is 2.30. The third kappa shape index (κ3) is 2.38. The normalized spacial score (nSPS) is 11.4. The molecule has 1 heterocycles. The number of nitrogens with zero attached hydrogens (tertiary/aromatic N) is 3. The van der Waals surface area contributed by atoms with Gasteiger partial charge in [0.25, 0.3) is 5.91 Å². The molecule has 0 aliphatic heterocycles. The lowest BCUT2D eigenvalue weighted by Crippen LogP contribution is -2.13. The van der Waals surface area contributed by atoms with Crippen molar-refractivity contribution in [3.63, 3.8) is 0 Å². The standard InChI is InChI=1S/C10H10N4O3S/c1-18(16,17)8-4-2-7(3-5-8)9(15)14-6-12-10(11)13-14/h2-6H,1H3,(H2,11,13). The van der Waals surface area contributed by atoms with Crippen LogP contribution in [0.4, 0.5) is 5.95 Å². The SMILES string of the molecule is CS(=O)(=O)c1ccc(C(=O)n2cnc(N)n2)cc1. The summed E-state index contributed by atoms with van der Waals surface area (Å²) in [5, 5.41) is 3.67. The van der Waals surface area contributed by atoms with Gasteiger partial charge in [-0.1, -0.05) is 0 Å². The lowest BCUT2D eigenvalue weighted by atomic mass is 10.2. The maximum absolute atomic E-state index is 11.9. The Morgan fingerprint density at radius 1 is 1.28 bits per heavy atom. The number of sulfone groups is 1. The maximum Gasteiger partial charge on any atom is 0.279 e. The summed E-state index contributed by atoms with van der Waals surface area (Å²) in [6.45, 7) is 0. The van der Waals surface area contributed by atoms with Crippen molar-refractivity contribution >= 4 is 21.7 Å². The topological polar surface area (TPSA) is 108 Å². The monoisotopic (exact) mass is 266 g/mol. The lowest BCUT2D eigenvalue weighted by molar-refractivity contribution is 0.0945. The molecule has 1 aromatic heterocycles. The second kappa shape index (κ2) is 4.22. The molecule has 0 saturated heterocycles. The molecule has 0 aliphatic carbocycles. The van der Waals surface area contributed by atoms with Crippen LogP contribution in [-0.2, 0) is 9.84 Å². The molecule has 94 valence electrons. The first kappa shape index (κ1) is 12.2. The van der Waals surface area contributed by atoms with Crippen LogP contribution < -0.4 is 5.73 Å². The molecular weight excluding hydrogens is 256 g/mol. The molecule has 2 aromatic rings. The highest BCUT2D eigenvalue weighted by Gasteiger charge is 2.12. The van der Waals surface area contributed by atoms with Gasteiger partial charge in [-0.15, -0.1) is 5.10 Å². The van der Waals surface area contributed by atoms with Crippen LogP contribution in [0.1, 0.15) is 10.4 Å². The van der Waals surface area contributed by atoms with E-state index in [0.29, 0.717) is 5.56 Å². The molecule has 0 saturated carbocycles. The largest absolute Gasteiger partial charge is 0.366 e. The minimum absolute atomic E-state index is 0.00361. The number of hydrogen-bond donors (Lipinski definition) is 1. The van der Waals surface area contributed by atoms with E-state index in [0.717, 1.165) is 10.9 Å². The Labute approximate surface area is 103 Å². The van der Waals surface area contributed by atoms with Crippen molar-refractivity contribution in [2.45, 2.75) is 4.90 Å². The van der Waals surface area contributed by atoms with Crippen LogP contribution in [0.2, 0.25) is 0 Å². The van der Waals surface area contributed by atoms with E-state index < -0.39 is 15.7 Å². The predicted molar refractivity (Wildman–Crippen MR) is 63.7 cm³/mol. The third-order valence-corrected chi connectivity index (χ3v) is 3.38. The maximum atomic E-state index is 11.9. The first-order valence-corrected chi connectivity index (χ1v) is 6.79. The first-order chi connectivity index (χ1) is 8.38. The van der Waals surface area contributed by atoms with Crippen molar-refractivity contribution in [1.29, 1.82) is 0 Å². The van der Waals surface area contributed by atoms with Gasteiger partial charge in [0.2, 0.25) is 5.95 Å². The average molecular weight is 266 g/mol. The number of carbonyl (C=O) groups excluding carboxylic acids is 1. The van der Waals surface area contributed by atoms with Crippen molar-refractivity contribution < 1.29 is 13.2 Å². The number of nitrogens with two attached hydrogens (primary N) is 1. The van der Waals surface area contributed by atoms with Gasteiger partial charge in [-0.05, 0) is 24.3 Å². The average Bonchev–Trinajstić information content (AvgIpc) is 2.74. The number of nitrogen functional groups attached to an aromatic ring is 1. The molecule has 0 atom stereocenters. The number of benzene rings is 1. The number of hydrogen-bond acceptors (Lipinski definition) is 6. The summed E-state index contributed by atoms with van der Waals surface area (Å²) in [7, 11) is -3.27. The van der Waals surface area contributed by atoms with Gasteiger partial charge < -0.3 is 5.73 Å². The van der Waals surface area contributed by atoms with Gasteiger partial charge in [0.15, 0.2) is 9.84 Å². The molecular formula is C10H10N4O3S. The van der Waals surface area contributed by atoms with Gasteiger partial charge in [-0.3, -0.25) is 4.79 Å². The molecule has 2 rings (SSSR count). The lowest BCUT2D eigenvalue weighted by Gasteiger charge is -2.01. The van der Waals surface area contributed by atoms with Gasteiger partial charge in [0.05, 0.1) is 4.90 Å². The second-order valence-electron chi connectivity index (χ2n) is 3.65. The highest BCUT2D eigenvalue weighted by Crippen LogP contribution is 2.11. The summed E-state index contributed by atoms with van der Waals surface area (Å²) in [4.78, 5) is 15.7. The Morgan fingerprint density at radius 3 is 2.33 bits per heavy atom. The molecule has 8 heteroatoms. The highest BCUT2D eigenvalue weighted by molar-refractivity contribution is 7.90. The van der Waals surface area contributed by atoms with Crippen LogP contribution in [0.3, 0.4) is 0 Å². The molecule has 0 amide bonds. The van der Waals surface area contributed by atoms with Gasteiger partial charge in [-0.25, -0.2) is 13.4 Å². The van der Waals surface area contributed by atoms with E-state index in [9.17, 15) is 13.2 Å². The molecule has 0 unspecified atom stereocenters. The summed E-state index contributed by atoms with van der Waals surface area (Å²) >= 11 is 0. The summed E-state index contributed by atoms with van der Waals surface area (Å²) < 4.78 is 23.5. The summed E-state index contributed by atoms with van der Waals surface area (Å²) in [5.41, 5.74) is 5.60. The number of aromatic nitrogens is 3. The number of rotatable bonds is 2. The Bertz CT molecular complexity index is 688. The second-order valence-corrected chi connectivity index (χ2v) is 5.66. The zero-order valence-electron chi connectivity index (χ0n) is 9.44. The van der Waals surface area contributed by atoms with Gasteiger partial charge in [-0.2, -0.15) is 4.68 Å². The fourth-order valence-electron chi connectivity index (χ4n) is 1.35. The summed E-state index contributed by atoms with van der Waals surface area (Å²) in [5.74, 6) is -0.435. The minimum Gasteiger partial charge on any atom is -0.366 e. The van der Waals surface area contributed by atoms with Crippen molar-refractivity contribution in [2.75, 3.05) is 12.0 Å². The third-order valence-electron chi connectivity index (χ3n) is 2.25. The van der Waals surface area contributed by atoms with Crippen LogP contribution in [-0.4, -0.2) is 35.3 Å². The molecule has 0 spiro atoms. The van der Waals surface area contributed by atoms with Crippen LogP contribution in [0.5, 0.6) is 0 Å². The van der Waals surface area contributed by atoms with E-state index in [1.54, 1.807) is 0 Å². The fourth-order valence-corrected chi connectivity index (χ4v) is 1.98. The Hall–Kier alpha value is -2.22. The fraction of sp³-hybridized carbons (Fsp3) is 0.100. The smallest absolute Gasteiger partial charge is 0.279 e. The quantitative estimate of drug-likeness (QED) is 0.816. The van der Waals surface area contributed by atoms with E-state index in [2.05, 4.69) is 10.1 Å². The molecule has 18 heavy (non-hydrogen) atoms. The van der Waals surface area contributed by atoms with E-state index in [4.69, 9.17) is 5.73 Å². The van der Waals surface area contributed by atoms with E-state index in [1.807, 2.05) is 0 Å². The zero-order chi connectivity index (χ0) is 13.3. The van der Waals surface area contributed by atoms with Crippen molar-refractivity contribution in [1.82, 2.24) is 14.8 Å². The molecule has 1 aromatic carbocycles. The van der Waals surface area contributed by atoms with E-state index >= 15 is 0 Å². The van der Waals surface area contributed by atoms with Gasteiger partial charge in [0, 0.05) is 11.8 Å². The van der Waals surface area contributed by atoms with Crippen molar-refractivity contribution in [3.8, 4) is 0 Å². The minimum atomic E-state index is -3.27. The van der Waals surface area contributed by atoms with Gasteiger partial charge >= 0.3 is 0 Å². The molecule has 0 bridgehead atoms. The molecule has 2 N–H and O–H groups in total. The highest BCUT2D eigenvalue weighted by atomic mass is 32.2. The van der Waals surface area contributed by atoms with Crippen LogP contribution >= 0.6 is 0 Å². The van der Waals surface area contributed by atoms with Crippen LogP contribution in [0.15, 0.2) is 35.5 Å². The predicted octanol–water partition coefficient (Wildman–Crippen LogP) is -0.0477. The number of anilines is 1. The summed E-state index contributed by atoms with van der Waals surface area (Å²) in [6, 6.07) is 5.55. The Morgan fingerprint density at radius 2 is 1.89 bits per heavy atom. The van der Waals surface area contributed by atoms with E-state index in [1.165, 1.54) is 30.6 Å². The number of carbonyl (C=O) groups is 1. The zero-order valence-corrected chi connectivity index (χ0v) is 10.3. The Kier molecular flexibility index (Phi) is 2.87. The molecule has 0 radical (unpaired) electrons. The Balaban J connectivity index is 2.33. The molecule has 0 aliphatic rings. The molecule has 7 nitrogen and oxygen atoms in total. The van der Waals surface area contributed by atoms with Crippen molar-refractivity contribution in [3.05, 3.63) is 36.2 Å². The van der Waals surface area contributed by atoms with Gasteiger partial charge in [0.1, 0.15) is 6.33 Å². The van der Waals surface area contributed by atoms with Crippen LogP contribution in [0.25, 0.3) is 0 Å². The first-order valence-electron chi connectivity index (χ1n) is 4.90. The molecule has 0 fully saturated rings.